The molecule has 2 heterocycles. The van der Waals surface area contributed by atoms with Crippen molar-refractivity contribution >= 4 is 31.8 Å². The number of rotatable bonds is 5. The molecule has 2 rings (SSSR count). The Hall–Kier alpha value is -1.44. The first-order valence-corrected chi connectivity index (χ1v) is 6.64. The first-order valence-electron chi connectivity index (χ1n) is 5.24. The highest BCUT2D eigenvalue weighted by molar-refractivity contribution is 7.82. The molecule has 0 aliphatic heterocycles. The van der Waals surface area contributed by atoms with E-state index in [0.29, 0.717) is 23.5 Å². The third-order valence-corrected chi connectivity index (χ3v) is 2.72. The van der Waals surface area contributed by atoms with Gasteiger partial charge in [-0.1, -0.05) is 0 Å². The van der Waals surface area contributed by atoms with Crippen LogP contribution in [0, 0.1) is 0 Å². The number of hydrogen-bond donors (Lipinski definition) is 2. The van der Waals surface area contributed by atoms with Crippen LogP contribution >= 0.6 is 7.25 Å². The summed E-state index contributed by atoms with van der Waals surface area (Å²) in [5, 5.41) is 0. The van der Waals surface area contributed by atoms with Crippen LogP contribution in [0.5, 0.6) is 0 Å². The largest absolute Gasteiger partial charge is 0.382 e. The average Bonchev–Trinajstić information content (AvgIpc) is 2.71. The molecule has 2 aromatic rings. The maximum absolute atomic E-state index is 11.3. The van der Waals surface area contributed by atoms with Gasteiger partial charge in [0.25, 0.3) is 0 Å². The summed E-state index contributed by atoms with van der Waals surface area (Å²) in [6.45, 7) is 2.33. The van der Waals surface area contributed by atoms with Gasteiger partial charge in [0, 0.05) is 0 Å². The summed E-state index contributed by atoms with van der Waals surface area (Å²) in [7, 11) is -3.51. The van der Waals surface area contributed by atoms with Gasteiger partial charge in [-0.15, -0.1) is 0 Å². The Balaban J connectivity index is 2.09. The fraction of sp³-hybridized carbons (Fsp3) is 0.444. The zero-order valence-corrected chi connectivity index (χ0v) is 10.6. The quantitative estimate of drug-likeness (QED) is 0.552. The minimum atomic E-state index is -2.91. The van der Waals surface area contributed by atoms with Crippen molar-refractivity contribution in [2.75, 3.05) is 12.1 Å². The molecule has 8 nitrogen and oxygen atoms in total. The molecule has 0 aliphatic rings. The Kier molecular flexibility index (Phi) is 3.89. The Morgan fingerprint density at radius 2 is 2.32 bits per heavy atom. The number of ether oxygens (including phenoxy) is 1. The molecule has 0 spiro atoms. The lowest BCUT2D eigenvalue weighted by Crippen LogP contribution is -2.17. The summed E-state index contributed by atoms with van der Waals surface area (Å²) in [5.74, 6) is 0.335. The van der Waals surface area contributed by atoms with E-state index in [1.54, 1.807) is 10.9 Å². The molecule has 10 heteroatoms. The fourth-order valence-corrected chi connectivity index (χ4v) is 1.94. The lowest BCUT2D eigenvalue weighted by atomic mass is 10.4. The van der Waals surface area contributed by atoms with Crippen molar-refractivity contribution < 1.29 is 14.2 Å². The third-order valence-electron chi connectivity index (χ3n) is 2.35. The highest BCUT2D eigenvalue weighted by Crippen LogP contribution is 2.33. The highest BCUT2D eigenvalue weighted by Gasteiger charge is 2.12. The topological polar surface area (TPSA) is 116 Å². The first kappa shape index (κ1) is 14.0. The van der Waals surface area contributed by atoms with Gasteiger partial charge < -0.3 is 24.5 Å². The normalized spacial score (nSPS) is 16.4. The van der Waals surface area contributed by atoms with Crippen LogP contribution in [0.15, 0.2) is 12.7 Å². The Bertz CT molecular complexity index is 627. The SMILES string of the molecule is [BH3-]P(=O)(O)CO[C@H](C)Cn1cnc2c(N)ncnc21. The van der Waals surface area contributed by atoms with Gasteiger partial charge in [-0.2, -0.15) is 0 Å². The van der Waals surface area contributed by atoms with Crippen molar-refractivity contribution in [3.8, 4) is 0 Å². The minimum absolute atomic E-state index is 0.0576. The molecule has 0 fully saturated rings. The van der Waals surface area contributed by atoms with Crippen LogP contribution in [0.2, 0.25) is 0 Å². The van der Waals surface area contributed by atoms with E-state index in [4.69, 9.17) is 10.5 Å². The number of nitrogens with two attached hydrogens (primary N) is 1. The zero-order chi connectivity index (χ0) is 14.0. The smallest absolute Gasteiger partial charge is 0.165 e. The Labute approximate surface area is 110 Å². The van der Waals surface area contributed by atoms with Crippen molar-refractivity contribution in [2.45, 2.75) is 19.6 Å². The van der Waals surface area contributed by atoms with Gasteiger partial charge in [0.15, 0.2) is 11.5 Å². The second-order valence-corrected chi connectivity index (χ2v) is 4.75. The van der Waals surface area contributed by atoms with Crippen LogP contribution in [0.1, 0.15) is 6.92 Å². The van der Waals surface area contributed by atoms with E-state index in [-0.39, 0.29) is 12.5 Å². The van der Waals surface area contributed by atoms with Crippen molar-refractivity contribution in [2.24, 2.45) is 0 Å². The number of nitrogen functional groups attached to an aromatic ring is 1. The van der Waals surface area contributed by atoms with Crippen molar-refractivity contribution in [1.82, 2.24) is 19.5 Å². The number of nitrogens with zero attached hydrogens (tertiary/aromatic N) is 4. The molecular formula is C9H16BN5O3P-. The Morgan fingerprint density at radius 3 is 3.00 bits per heavy atom. The maximum atomic E-state index is 11.3. The molecule has 1 unspecified atom stereocenters. The summed E-state index contributed by atoms with van der Waals surface area (Å²) in [6, 6.07) is 0. The molecule has 0 bridgehead atoms. The molecule has 2 aromatic heterocycles. The summed E-state index contributed by atoms with van der Waals surface area (Å²) >= 11 is 0. The lowest BCUT2D eigenvalue weighted by molar-refractivity contribution is 0.0839. The van der Waals surface area contributed by atoms with E-state index in [2.05, 4.69) is 15.0 Å². The van der Waals surface area contributed by atoms with Gasteiger partial charge in [-0.05, 0) is 6.92 Å². The first-order chi connectivity index (χ1) is 8.87. The van der Waals surface area contributed by atoms with E-state index in [9.17, 15) is 9.46 Å². The molecule has 0 aliphatic carbocycles. The van der Waals surface area contributed by atoms with Crippen molar-refractivity contribution in [3.63, 3.8) is 0 Å². The monoisotopic (exact) mass is 284 g/mol. The summed E-state index contributed by atoms with van der Waals surface area (Å²) < 4.78 is 18.4. The molecule has 3 N–H and O–H groups in total. The van der Waals surface area contributed by atoms with Crippen LogP contribution in [-0.2, 0) is 15.8 Å². The molecule has 0 aromatic carbocycles. The van der Waals surface area contributed by atoms with Crippen LogP contribution in [0.3, 0.4) is 0 Å². The molecule has 2 atom stereocenters. The van der Waals surface area contributed by atoms with Gasteiger partial charge >= 0.3 is 0 Å². The fourth-order valence-electron chi connectivity index (χ4n) is 1.55. The highest BCUT2D eigenvalue weighted by atomic mass is 31.2. The van der Waals surface area contributed by atoms with Gasteiger partial charge in [0.2, 0.25) is 0 Å². The second-order valence-electron chi connectivity index (χ2n) is 3.79. The van der Waals surface area contributed by atoms with Crippen LogP contribution in [0.4, 0.5) is 5.82 Å². The minimum Gasteiger partial charge on any atom is -0.382 e. The lowest BCUT2D eigenvalue weighted by Gasteiger charge is -2.17. The van der Waals surface area contributed by atoms with E-state index in [1.165, 1.54) is 6.33 Å². The van der Waals surface area contributed by atoms with E-state index in [1.807, 2.05) is 6.92 Å². The molecule has 0 amide bonds. The number of hydrogen-bond acceptors (Lipinski definition) is 6. The predicted molar refractivity (Wildman–Crippen MR) is 74.9 cm³/mol. The van der Waals surface area contributed by atoms with Crippen LogP contribution < -0.4 is 5.73 Å². The van der Waals surface area contributed by atoms with Gasteiger partial charge in [-0.25, -0.2) is 15.0 Å². The van der Waals surface area contributed by atoms with Gasteiger partial charge in [-0.3, -0.25) is 0 Å². The number of aromatic nitrogens is 4. The molecule has 104 valence electrons. The number of fused-ring (bicyclic) bond motifs is 1. The van der Waals surface area contributed by atoms with E-state index in [0.717, 1.165) is 0 Å². The number of anilines is 1. The van der Waals surface area contributed by atoms with Crippen molar-refractivity contribution in [1.29, 1.82) is 0 Å². The van der Waals surface area contributed by atoms with Crippen molar-refractivity contribution in [3.05, 3.63) is 12.7 Å². The van der Waals surface area contributed by atoms with Gasteiger partial charge in [0.05, 0.1) is 40.1 Å². The van der Waals surface area contributed by atoms with Gasteiger partial charge in [0.1, 0.15) is 11.8 Å². The van der Waals surface area contributed by atoms with E-state index < -0.39 is 14.8 Å². The third kappa shape index (κ3) is 3.53. The molecule has 0 saturated carbocycles. The zero-order valence-electron chi connectivity index (χ0n) is 9.72. The van der Waals surface area contributed by atoms with E-state index >= 15 is 0 Å². The second kappa shape index (κ2) is 5.28. The predicted octanol–water partition coefficient (Wildman–Crippen LogP) is -0.678. The number of imidazole rings is 1. The Morgan fingerprint density at radius 1 is 1.58 bits per heavy atom. The summed E-state index contributed by atoms with van der Waals surface area (Å²) in [6.07, 6.45) is 2.73. The molecule has 19 heavy (non-hydrogen) atoms. The molecule has 0 saturated heterocycles. The standard InChI is InChI=1S/C9H16BN5O3P/c1-6(18-5-19(10,16)17)2-15-4-14-7-8(11)12-3-13-9(7)15/h3-4,6H,2,5H2,1,10H3,(H,16,17)(H2,11,12,13)/q-1/t6-/m1/s1. The molecular weight excluding hydrogens is 268 g/mol. The average molecular weight is 284 g/mol. The maximum Gasteiger partial charge on any atom is 0.165 e. The summed E-state index contributed by atoms with van der Waals surface area (Å²) in [5.41, 5.74) is 6.88. The van der Waals surface area contributed by atoms with Crippen LogP contribution in [-0.4, -0.2) is 44.4 Å². The van der Waals surface area contributed by atoms with Crippen LogP contribution in [0.25, 0.3) is 11.2 Å². The molecule has 0 radical (unpaired) electrons. The summed E-state index contributed by atoms with van der Waals surface area (Å²) in [4.78, 5) is 21.4.